The van der Waals surface area contributed by atoms with Gasteiger partial charge in [-0.2, -0.15) is 0 Å². The highest BCUT2D eigenvalue weighted by atomic mass is 35.5. The van der Waals surface area contributed by atoms with Crippen LogP contribution in [0.5, 0.6) is 5.75 Å². The lowest BCUT2D eigenvalue weighted by Crippen LogP contribution is -2.06. The number of hydrogen-bond donors (Lipinski definition) is 0. The van der Waals surface area contributed by atoms with E-state index in [0.717, 1.165) is 11.3 Å². The zero-order valence-corrected chi connectivity index (χ0v) is 13.2. The van der Waals surface area contributed by atoms with Crippen LogP contribution in [0.2, 0.25) is 0 Å². The maximum Gasteiger partial charge on any atom is 0.305 e. The lowest BCUT2D eigenvalue weighted by Gasteiger charge is -2.06. The second-order valence-electron chi connectivity index (χ2n) is 3.98. The highest BCUT2D eigenvalue weighted by Gasteiger charge is 2.01. The predicted octanol–water partition coefficient (Wildman–Crippen LogP) is 3.20. The van der Waals surface area contributed by atoms with E-state index in [2.05, 4.69) is 5.16 Å². The molecule has 0 aromatic heterocycles. The minimum atomic E-state index is -0.182. The van der Waals surface area contributed by atoms with Gasteiger partial charge in [0.15, 0.2) is 0 Å². The average Bonchev–Trinajstić information content (AvgIpc) is 2.46. The van der Waals surface area contributed by atoms with Gasteiger partial charge in [0.1, 0.15) is 12.4 Å². The minimum Gasteiger partial charge on any atom is -0.494 e. The van der Waals surface area contributed by atoms with Gasteiger partial charge >= 0.3 is 5.97 Å². The number of benzene rings is 1. The van der Waals surface area contributed by atoms with Crippen LogP contribution in [0.3, 0.4) is 0 Å². The predicted molar refractivity (Wildman–Crippen MR) is 84.3 cm³/mol. The summed E-state index contributed by atoms with van der Waals surface area (Å²) in [6.07, 6.45) is 2.67. The van der Waals surface area contributed by atoms with Gasteiger partial charge in [-0.15, -0.1) is 12.4 Å². The standard InChI is InChI=1S/C15H21NO4.ClH/c1-3-18-15(17)6-5-11-19-14-9-7-13(8-10-14)12-16-20-4-2;/h7-10,12H,3-6,11H2,1-2H3;1H. The molecule has 0 bridgehead atoms. The Labute approximate surface area is 131 Å². The number of halogens is 1. The molecule has 0 saturated heterocycles. The van der Waals surface area contributed by atoms with Crippen molar-refractivity contribution in [1.82, 2.24) is 0 Å². The first kappa shape index (κ1) is 19.2. The third kappa shape index (κ3) is 8.92. The molecule has 0 aliphatic rings. The first-order valence-corrected chi connectivity index (χ1v) is 6.80. The molecule has 118 valence electrons. The van der Waals surface area contributed by atoms with Gasteiger partial charge < -0.3 is 14.3 Å². The summed E-state index contributed by atoms with van der Waals surface area (Å²) in [7, 11) is 0. The second kappa shape index (κ2) is 12.0. The molecule has 1 rings (SSSR count). The topological polar surface area (TPSA) is 57.1 Å². The second-order valence-corrected chi connectivity index (χ2v) is 3.98. The first-order chi connectivity index (χ1) is 9.76. The van der Waals surface area contributed by atoms with Crippen LogP contribution in [0.1, 0.15) is 32.3 Å². The number of ether oxygens (including phenoxy) is 2. The minimum absolute atomic E-state index is 0. The molecule has 0 fully saturated rings. The molecule has 0 aliphatic carbocycles. The smallest absolute Gasteiger partial charge is 0.305 e. The van der Waals surface area contributed by atoms with Crippen LogP contribution < -0.4 is 4.74 Å². The van der Waals surface area contributed by atoms with E-state index in [-0.39, 0.29) is 18.4 Å². The lowest BCUT2D eigenvalue weighted by molar-refractivity contribution is -0.143. The van der Waals surface area contributed by atoms with Crippen LogP contribution in [0.25, 0.3) is 0 Å². The molecule has 0 heterocycles. The zero-order chi connectivity index (χ0) is 14.6. The molecule has 1 aromatic rings. The maximum atomic E-state index is 11.1. The average molecular weight is 316 g/mol. The van der Waals surface area contributed by atoms with Crippen LogP contribution in [-0.4, -0.2) is 32.0 Å². The summed E-state index contributed by atoms with van der Waals surface area (Å²) in [5.41, 5.74) is 0.942. The lowest BCUT2D eigenvalue weighted by atomic mass is 10.2. The number of esters is 1. The van der Waals surface area contributed by atoms with E-state index in [1.807, 2.05) is 31.2 Å². The van der Waals surface area contributed by atoms with Gasteiger partial charge in [0, 0.05) is 6.42 Å². The van der Waals surface area contributed by atoms with Gasteiger partial charge in [-0.25, -0.2) is 0 Å². The van der Waals surface area contributed by atoms with Gasteiger partial charge in [0.25, 0.3) is 0 Å². The van der Waals surface area contributed by atoms with Crippen LogP contribution >= 0.6 is 12.4 Å². The molecule has 0 saturated carbocycles. The molecule has 21 heavy (non-hydrogen) atoms. The number of nitrogens with zero attached hydrogens (tertiary/aromatic N) is 1. The highest BCUT2D eigenvalue weighted by molar-refractivity contribution is 5.85. The molecule has 0 aliphatic heterocycles. The molecule has 0 N–H and O–H groups in total. The fourth-order valence-corrected chi connectivity index (χ4v) is 1.46. The van der Waals surface area contributed by atoms with Crippen LogP contribution in [0.4, 0.5) is 0 Å². The van der Waals surface area contributed by atoms with Crippen molar-refractivity contribution in [2.24, 2.45) is 5.16 Å². The van der Waals surface area contributed by atoms with Crippen molar-refractivity contribution in [3.8, 4) is 5.75 Å². The fraction of sp³-hybridized carbons (Fsp3) is 0.467. The van der Waals surface area contributed by atoms with Crippen molar-refractivity contribution in [2.45, 2.75) is 26.7 Å². The van der Waals surface area contributed by atoms with Crippen molar-refractivity contribution in [1.29, 1.82) is 0 Å². The van der Waals surface area contributed by atoms with E-state index in [0.29, 0.717) is 32.7 Å². The largest absolute Gasteiger partial charge is 0.494 e. The Hall–Kier alpha value is -1.75. The zero-order valence-electron chi connectivity index (χ0n) is 12.4. The van der Waals surface area contributed by atoms with Crippen molar-refractivity contribution >= 4 is 24.6 Å². The maximum absolute atomic E-state index is 11.1. The Morgan fingerprint density at radius 1 is 1.19 bits per heavy atom. The normalized spacial score (nSPS) is 10.0. The molecule has 6 heteroatoms. The molecule has 0 atom stereocenters. The number of carbonyl (C=O) groups excluding carboxylic acids is 1. The van der Waals surface area contributed by atoms with E-state index in [1.54, 1.807) is 13.1 Å². The summed E-state index contributed by atoms with van der Waals surface area (Å²) >= 11 is 0. The molecular formula is C15H22ClNO4. The summed E-state index contributed by atoms with van der Waals surface area (Å²) in [5.74, 6) is 0.584. The third-order valence-electron chi connectivity index (χ3n) is 2.38. The molecule has 5 nitrogen and oxygen atoms in total. The first-order valence-electron chi connectivity index (χ1n) is 6.80. The van der Waals surface area contributed by atoms with E-state index in [1.165, 1.54) is 0 Å². The molecule has 1 aromatic carbocycles. The molecule has 0 radical (unpaired) electrons. The molecular weight excluding hydrogens is 294 g/mol. The van der Waals surface area contributed by atoms with Crippen molar-refractivity contribution < 1.29 is 19.1 Å². The van der Waals surface area contributed by atoms with Crippen molar-refractivity contribution in [3.63, 3.8) is 0 Å². The SMILES string of the molecule is CCON=Cc1ccc(OCCCC(=O)OCC)cc1.Cl. The summed E-state index contributed by atoms with van der Waals surface area (Å²) < 4.78 is 10.4. The Morgan fingerprint density at radius 2 is 1.90 bits per heavy atom. The Balaban J connectivity index is 0.00000400. The Bertz CT molecular complexity index is 420. The van der Waals surface area contributed by atoms with Gasteiger partial charge in [0.05, 0.1) is 19.4 Å². The van der Waals surface area contributed by atoms with Gasteiger partial charge in [-0.3, -0.25) is 4.79 Å². The number of oxime groups is 1. The highest BCUT2D eigenvalue weighted by Crippen LogP contribution is 2.11. The number of rotatable bonds is 9. The van der Waals surface area contributed by atoms with Gasteiger partial charge in [0.2, 0.25) is 0 Å². The van der Waals surface area contributed by atoms with Crippen LogP contribution in [0.15, 0.2) is 29.4 Å². The van der Waals surface area contributed by atoms with Crippen LogP contribution in [0, 0.1) is 0 Å². The molecule has 0 unspecified atom stereocenters. The summed E-state index contributed by atoms with van der Waals surface area (Å²) in [5, 5.41) is 3.78. The van der Waals surface area contributed by atoms with E-state index in [9.17, 15) is 4.79 Å². The van der Waals surface area contributed by atoms with E-state index < -0.39 is 0 Å². The molecule has 0 amide bonds. The van der Waals surface area contributed by atoms with Crippen molar-refractivity contribution in [3.05, 3.63) is 29.8 Å². The van der Waals surface area contributed by atoms with E-state index >= 15 is 0 Å². The number of hydrogen-bond acceptors (Lipinski definition) is 5. The quantitative estimate of drug-likeness (QED) is 0.304. The summed E-state index contributed by atoms with van der Waals surface area (Å²) in [6.45, 7) is 5.14. The van der Waals surface area contributed by atoms with E-state index in [4.69, 9.17) is 14.3 Å². The van der Waals surface area contributed by atoms with Crippen molar-refractivity contribution in [2.75, 3.05) is 19.8 Å². The van der Waals surface area contributed by atoms with Gasteiger partial charge in [-0.05, 0) is 50.1 Å². The summed E-state index contributed by atoms with van der Waals surface area (Å²) in [4.78, 5) is 16.0. The molecule has 0 spiro atoms. The third-order valence-corrected chi connectivity index (χ3v) is 2.38. The van der Waals surface area contributed by atoms with Gasteiger partial charge in [-0.1, -0.05) is 5.16 Å². The number of carbonyl (C=O) groups is 1. The Kier molecular flexibility index (Phi) is 11.0. The van der Waals surface area contributed by atoms with Crippen LogP contribution in [-0.2, 0) is 14.4 Å². The Morgan fingerprint density at radius 3 is 2.52 bits per heavy atom. The summed E-state index contributed by atoms with van der Waals surface area (Å²) in [6, 6.07) is 7.50. The monoisotopic (exact) mass is 315 g/mol. The fourth-order valence-electron chi connectivity index (χ4n) is 1.46.